The van der Waals surface area contributed by atoms with Crippen LogP contribution in [0.5, 0.6) is 0 Å². The van der Waals surface area contributed by atoms with Crippen LogP contribution in [0.3, 0.4) is 0 Å². The Balaban J connectivity index is 1.49. The molecule has 1 saturated carbocycles. The Kier molecular flexibility index (Phi) is 7.17. The highest BCUT2D eigenvalue weighted by Gasteiger charge is 2.41. The Bertz CT molecular complexity index is 694. The minimum Gasteiger partial charge on any atom is -0.445 e. The molecule has 0 bridgehead atoms. The largest absolute Gasteiger partial charge is 0.445 e. The molecule has 1 aromatic carbocycles. The lowest BCUT2D eigenvalue weighted by molar-refractivity contribution is -0.133. The van der Waals surface area contributed by atoms with Crippen molar-refractivity contribution in [2.45, 2.75) is 77.2 Å². The number of alkyl carbamates (subject to hydrolysis) is 1. The lowest BCUT2D eigenvalue weighted by Crippen LogP contribution is -2.51. The van der Waals surface area contributed by atoms with E-state index in [2.05, 4.69) is 38.0 Å². The second-order valence-corrected chi connectivity index (χ2v) is 8.85. The number of rotatable bonds is 6. The van der Waals surface area contributed by atoms with Gasteiger partial charge < -0.3 is 19.9 Å². The van der Waals surface area contributed by atoms with Gasteiger partial charge >= 0.3 is 6.09 Å². The van der Waals surface area contributed by atoms with Crippen LogP contribution in [0.25, 0.3) is 0 Å². The second-order valence-electron chi connectivity index (χ2n) is 8.85. The zero-order chi connectivity index (χ0) is 21.0. The summed E-state index contributed by atoms with van der Waals surface area (Å²) in [6.07, 6.45) is 3.38. The molecule has 160 valence electrons. The van der Waals surface area contributed by atoms with Crippen LogP contribution in [0.1, 0.15) is 52.0 Å². The first kappa shape index (κ1) is 21.6. The molecule has 1 aromatic rings. The Hall–Kier alpha value is -2.08. The van der Waals surface area contributed by atoms with Gasteiger partial charge in [-0.25, -0.2) is 4.79 Å². The van der Waals surface area contributed by atoms with E-state index >= 15 is 0 Å². The summed E-state index contributed by atoms with van der Waals surface area (Å²) in [4.78, 5) is 29.5. The van der Waals surface area contributed by atoms with Crippen LogP contribution in [0.15, 0.2) is 30.3 Å². The summed E-state index contributed by atoms with van der Waals surface area (Å²) in [7, 11) is 2.20. The van der Waals surface area contributed by atoms with Gasteiger partial charge in [-0.3, -0.25) is 4.79 Å². The molecule has 0 unspecified atom stereocenters. The maximum atomic E-state index is 12.9. The summed E-state index contributed by atoms with van der Waals surface area (Å²) < 4.78 is 5.28. The van der Waals surface area contributed by atoms with Crippen LogP contribution in [0.4, 0.5) is 4.79 Å². The standard InChI is InChI=1S/C23H35N3O3/c1-16(2)25(4)19-10-11-21(17(3)14-19)26-13-12-20(22(26)27)24-23(28)29-15-18-8-6-5-7-9-18/h5-9,16-17,19-21H,10-15H2,1-4H3,(H,24,28)/t17-,19+,20-,21-/m0/s1. The molecule has 1 heterocycles. The van der Waals surface area contributed by atoms with Gasteiger partial charge in [0.2, 0.25) is 5.91 Å². The fourth-order valence-corrected chi connectivity index (χ4v) is 4.68. The van der Waals surface area contributed by atoms with Crippen molar-refractivity contribution in [2.75, 3.05) is 13.6 Å². The van der Waals surface area contributed by atoms with Gasteiger partial charge in [-0.2, -0.15) is 0 Å². The van der Waals surface area contributed by atoms with E-state index in [1.54, 1.807) is 0 Å². The van der Waals surface area contributed by atoms with E-state index in [0.29, 0.717) is 31.0 Å². The van der Waals surface area contributed by atoms with Crippen LogP contribution in [0.2, 0.25) is 0 Å². The van der Waals surface area contributed by atoms with E-state index in [1.807, 2.05) is 35.2 Å². The van der Waals surface area contributed by atoms with Gasteiger partial charge in [0.1, 0.15) is 12.6 Å². The molecular formula is C23H35N3O3. The SMILES string of the molecule is CC(C)N(C)[C@@H]1CC[C@H](N2CC[C@H](NC(=O)OCc3ccccc3)C2=O)[C@@H](C)C1. The zero-order valence-corrected chi connectivity index (χ0v) is 18.1. The van der Waals surface area contributed by atoms with Crippen molar-refractivity contribution < 1.29 is 14.3 Å². The van der Waals surface area contributed by atoms with Crippen molar-refractivity contribution in [3.8, 4) is 0 Å². The third-order valence-corrected chi connectivity index (χ3v) is 6.63. The van der Waals surface area contributed by atoms with Gasteiger partial charge in [-0.05, 0) is 58.1 Å². The quantitative estimate of drug-likeness (QED) is 0.794. The first-order valence-corrected chi connectivity index (χ1v) is 10.9. The first-order chi connectivity index (χ1) is 13.9. The predicted octanol–water partition coefficient (Wildman–Crippen LogP) is 3.41. The van der Waals surface area contributed by atoms with Crippen molar-refractivity contribution >= 4 is 12.0 Å². The van der Waals surface area contributed by atoms with E-state index in [9.17, 15) is 9.59 Å². The third-order valence-electron chi connectivity index (χ3n) is 6.63. The Morgan fingerprint density at radius 1 is 1.24 bits per heavy atom. The van der Waals surface area contributed by atoms with Crippen molar-refractivity contribution in [1.29, 1.82) is 0 Å². The summed E-state index contributed by atoms with van der Waals surface area (Å²) in [5.41, 5.74) is 0.930. The highest BCUT2D eigenvalue weighted by Crippen LogP contribution is 2.33. The molecule has 0 spiro atoms. The Morgan fingerprint density at radius 3 is 2.62 bits per heavy atom. The summed E-state index contributed by atoms with van der Waals surface area (Å²) in [6, 6.07) is 10.5. The van der Waals surface area contributed by atoms with Gasteiger partial charge in [0, 0.05) is 24.7 Å². The van der Waals surface area contributed by atoms with Gasteiger partial charge in [-0.15, -0.1) is 0 Å². The number of carbonyl (C=O) groups excluding carboxylic acids is 2. The highest BCUT2D eigenvalue weighted by atomic mass is 16.5. The van der Waals surface area contributed by atoms with Crippen molar-refractivity contribution in [3.63, 3.8) is 0 Å². The van der Waals surface area contributed by atoms with Crippen molar-refractivity contribution in [1.82, 2.24) is 15.1 Å². The fraction of sp³-hybridized carbons (Fsp3) is 0.652. The minimum atomic E-state index is -0.524. The molecule has 1 aliphatic heterocycles. The summed E-state index contributed by atoms with van der Waals surface area (Å²) in [5, 5.41) is 2.76. The Morgan fingerprint density at radius 2 is 1.97 bits per heavy atom. The van der Waals surface area contributed by atoms with Crippen LogP contribution in [-0.2, 0) is 16.1 Å². The van der Waals surface area contributed by atoms with Crippen LogP contribution in [-0.4, -0.2) is 59.6 Å². The van der Waals surface area contributed by atoms with E-state index < -0.39 is 12.1 Å². The Labute approximate surface area is 174 Å². The topological polar surface area (TPSA) is 61.9 Å². The molecule has 4 atom stereocenters. The number of benzene rings is 1. The number of amides is 2. The molecule has 3 rings (SSSR count). The lowest BCUT2D eigenvalue weighted by atomic mass is 9.81. The van der Waals surface area contributed by atoms with E-state index in [1.165, 1.54) is 0 Å². The molecular weight excluding hydrogens is 366 g/mol. The molecule has 1 aliphatic carbocycles. The average molecular weight is 402 g/mol. The normalized spacial score (nSPS) is 27.5. The maximum Gasteiger partial charge on any atom is 0.408 e. The summed E-state index contributed by atoms with van der Waals surface area (Å²) >= 11 is 0. The molecule has 1 saturated heterocycles. The molecule has 6 heteroatoms. The summed E-state index contributed by atoms with van der Waals surface area (Å²) in [5.74, 6) is 0.497. The number of nitrogens with one attached hydrogen (secondary N) is 1. The molecule has 2 amide bonds. The fourth-order valence-electron chi connectivity index (χ4n) is 4.68. The zero-order valence-electron chi connectivity index (χ0n) is 18.1. The number of likely N-dealkylation sites (tertiary alicyclic amines) is 1. The summed E-state index contributed by atoms with van der Waals surface area (Å²) in [6.45, 7) is 7.64. The monoisotopic (exact) mass is 401 g/mol. The number of hydrogen-bond donors (Lipinski definition) is 1. The first-order valence-electron chi connectivity index (χ1n) is 10.9. The number of ether oxygens (including phenoxy) is 1. The van der Waals surface area contributed by atoms with Crippen molar-refractivity contribution in [3.05, 3.63) is 35.9 Å². The van der Waals surface area contributed by atoms with E-state index in [0.717, 1.165) is 24.8 Å². The van der Waals surface area contributed by atoms with Crippen LogP contribution in [0, 0.1) is 5.92 Å². The van der Waals surface area contributed by atoms with Crippen molar-refractivity contribution in [2.24, 2.45) is 5.92 Å². The van der Waals surface area contributed by atoms with Gasteiger partial charge in [0.15, 0.2) is 0 Å². The minimum absolute atomic E-state index is 0.0363. The van der Waals surface area contributed by atoms with E-state index in [4.69, 9.17) is 4.74 Å². The lowest BCUT2D eigenvalue weighted by Gasteiger charge is -2.43. The number of nitrogens with zero attached hydrogens (tertiary/aromatic N) is 2. The van der Waals surface area contributed by atoms with Crippen LogP contribution >= 0.6 is 0 Å². The average Bonchev–Trinajstić information content (AvgIpc) is 3.06. The maximum absolute atomic E-state index is 12.9. The number of hydrogen-bond acceptors (Lipinski definition) is 4. The van der Waals surface area contributed by atoms with Gasteiger partial charge in [-0.1, -0.05) is 37.3 Å². The molecule has 6 nitrogen and oxygen atoms in total. The number of carbonyl (C=O) groups is 2. The molecule has 2 fully saturated rings. The third kappa shape index (κ3) is 5.30. The molecule has 0 radical (unpaired) electrons. The highest BCUT2D eigenvalue weighted by molar-refractivity contribution is 5.87. The van der Waals surface area contributed by atoms with Gasteiger partial charge in [0.25, 0.3) is 0 Å². The molecule has 1 N–H and O–H groups in total. The predicted molar refractivity (Wildman–Crippen MR) is 113 cm³/mol. The smallest absolute Gasteiger partial charge is 0.408 e. The van der Waals surface area contributed by atoms with Gasteiger partial charge in [0.05, 0.1) is 0 Å². The molecule has 0 aromatic heterocycles. The second kappa shape index (κ2) is 9.61. The van der Waals surface area contributed by atoms with E-state index in [-0.39, 0.29) is 18.6 Å². The molecule has 2 aliphatic rings. The van der Waals surface area contributed by atoms with Crippen LogP contribution < -0.4 is 5.32 Å². The molecule has 29 heavy (non-hydrogen) atoms.